The van der Waals surface area contributed by atoms with Crippen LogP contribution in [-0.2, 0) is 11.3 Å². The average molecular weight is 400 g/mol. The van der Waals surface area contributed by atoms with Gasteiger partial charge >= 0.3 is 0 Å². The Morgan fingerprint density at radius 3 is 2.55 bits per heavy atom. The average Bonchev–Trinajstić information content (AvgIpc) is 2.95. The van der Waals surface area contributed by atoms with Crippen molar-refractivity contribution in [1.82, 2.24) is 14.8 Å². The highest BCUT2D eigenvalue weighted by Crippen LogP contribution is 2.18. The van der Waals surface area contributed by atoms with Gasteiger partial charge in [0.25, 0.3) is 0 Å². The lowest BCUT2D eigenvalue weighted by molar-refractivity contribution is -0.117. The van der Waals surface area contributed by atoms with Gasteiger partial charge in [0.15, 0.2) is 5.58 Å². The summed E-state index contributed by atoms with van der Waals surface area (Å²) < 4.78 is 31.9. The Morgan fingerprint density at radius 2 is 1.72 bits per heavy atom. The maximum atomic E-state index is 13.3. The van der Waals surface area contributed by atoms with E-state index in [0.29, 0.717) is 29.2 Å². The van der Waals surface area contributed by atoms with E-state index < -0.39 is 0 Å². The molecule has 1 aromatic heterocycles. The highest BCUT2D eigenvalue weighted by Gasteiger charge is 2.19. The maximum Gasteiger partial charge on any atom is 0.238 e. The van der Waals surface area contributed by atoms with Crippen molar-refractivity contribution in [2.75, 3.05) is 38.0 Å². The van der Waals surface area contributed by atoms with Crippen LogP contribution >= 0.6 is 0 Å². The molecule has 4 rings (SSSR count). The molecule has 0 radical (unpaired) electrons. The Bertz CT molecular complexity index is 990. The standard InChI is InChI=1S/C21H22F2N4O2/c22-15-2-5-17(6-3-15)24-20(28)13-26-8-1-9-27(11-10-26)14-21-25-18-7-4-16(23)12-19(18)29-21/h2-7,12H,1,8-11,13-14H2,(H,24,28). The Balaban J connectivity index is 1.29. The summed E-state index contributed by atoms with van der Waals surface area (Å²) in [6.45, 7) is 4.02. The summed E-state index contributed by atoms with van der Waals surface area (Å²) in [4.78, 5) is 21.0. The monoisotopic (exact) mass is 400 g/mol. The number of carbonyl (C=O) groups is 1. The number of oxazole rings is 1. The van der Waals surface area contributed by atoms with E-state index >= 15 is 0 Å². The first-order valence-corrected chi connectivity index (χ1v) is 9.60. The van der Waals surface area contributed by atoms with E-state index in [9.17, 15) is 13.6 Å². The number of amides is 1. The molecule has 29 heavy (non-hydrogen) atoms. The van der Waals surface area contributed by atoms with Gasteiger partial charge in [-0.25, -0.2) is 13.8 Å². The van der Waals surface area contributed by atoms with Gasteiger partial charge in [-0.05, 0) is 55.9 Å². The first-order valence-electron chi connectivity index (χ1n) is 9.60. The lowest BCUT2D eigenvalue weighted by Gasteiger charge is -2.20. The highest BCUT2D eigenvalue weighted by molar-refractivity contribution is 5.92. The molecule has 2 aromatic carbocycles. The number of nitrogens with one attached hydrogen (secondary N) is 1. The van der Waals surface area contributed by atoms with Crippen LogP contribution in [0.1, 0.15) is 12.3 Å². The van der Waals surface area contributed by atoms with Crippen molar-refractivity contribution < 1.29 is 18.0 Å². The zero-order chi connectivity index (χ0) is 20.2. The molecular formula is C21H22F2N4O2. The number of aromatic nitrogens is 1. The number of halogens is 2. The summed E-state index contributed by atoms with van der Waals surface area (Å²) in [5.74, 6) is -0.233. The van der Waals surface area contributed by atoms with Crippen LogP contribution in [0.3, 0.4) is 0 Å². The Labute approximate surface area is 167 Å². The van der Waals surface area contributed by atoms with E-state index in [2.05, 4.69) is 20.1 Å². The van der Waals surface area contributed by atoms with E-state index in [0.717, 1.165) is 32.6 Å². The number of fused-ring (bicyclic) bond motifs is 1. The van der Waals surface area contributed by atoms with E-state index in [-0.39, 0.29) is 24.1 Å². The summed E-state index contributed by atoms with van der Waals surface area (Å²) >= 11 is 0. The fourth-order valence-electron chi connectivity index (χ4n) is 3.48. The van der Waals surface area contributed by atoms with Crippen LogP contribution in [-0.4, -0.2) is 53.4 Å². The molecule has 1 saturated heterocycles. The van der Waals surface area contributed by atoms with Crippen LogP contribution in [0.25, 0.3) is 11.1 Å². The summed E-state index contributed by atoms with van der Waals surface area (Å²) in [6.07, 6.45) is 0.915. The van der Waals surface area contributed by atoms with Gasteiger partial charge in [-0.1, -0.05) is 0 Å². The van der Waals surface area contributed by atoms with E-state index in [1.807, 2.05) is 0 Å². The van der Waals surface area contributed by atoms with Crippen molar-refractivity contribution in [1.29, 1.82) is 0 Å². The Hall–Kier alpha value is -2.84. The number of hydrogen-bond acceptors (Lipinski definition) is 5. The molecule has 3 aromatic rings. The molecular weight excluding hydrogens is 378 g/mol. The zero-order valence-corrected chi connectivity index (χ0v) is 15.9. The van der Waals surface area contributed by atoms with Crippen LogP contribution in [0, 0.1) is 11.6 Å². The summed E-state index contributed by atoms with van der Waals surface area (Å²) in [6, 6.07) is 10.1. The number of benzene rings is 2. The molecule has 0 aliphatic carbocycles. The topological polar surface area (TPSA) is 61.6 Å². The fourth-order valence-corrected chi connectivity index (χ4v) is 3.48. The molecule has 1 N–H and O–H groups in total. The van der Waals surface area contributed by atoms with Gasteiger partial charge in [0.2, 0.25) is 11.8 Å². The largest absolute Gasteiger partial charge is 0.439 e. The minimum Gasteiger partial charge on any atom is -0.439 e. The van der Waals surface area contributed by atoms with Crippen LogP contribution < -0.4 is 5.32 Å². The quantitative estimate of drug-likeness (QED) is 0.712. The predicted molar refractivity (Wildman–Crippen MR) is 105 cm³/mol. The second-order valence-corrected chi connectivity index (χ2v) is 7.18. The second kappa shape index (κ2) is 8.67. The molecule has 0 unspecified atom stereocenters. The lowest BCUT2D eigenvalue weighted by Crippen LogP contribution is -2.36. The smallest absolute Gasteiger partial charge is 0.238 e. The third-order valence-electron chi connectivity index (χ3n) is 4.93. The fraction of sp³-hybridized carbons (Fsp3) is 0.333. The van der Waals surface area contributed by atoms with Gasteiger partial charge in [0.1, 0.15) is 17.2 Å². The molecule has 8 heteroatoms. The van der Waals surface area contributed by atoms with Crippen molar-refractivity contribution in [2.24, 2.45) is 0 Å². The Morgan fingerprint density at radius 1 is 1.00 bits per heavy atom. The highest BCUT2D eigenvalue weighted by atomic mass is 19.1. The SMILES string of the molecule is O=C(CN1CCCN(Cc2nc3ccc(F)cc3o2)CC1)Nc1ccc(F)cc1. The maximum absolute atomic E-state index is 13.3. The first kappa shape index (κ1) is 19.5. The molecule has 0 spiro atoms. The second-order valence-electron chi connectivity index (χ2n) is 7.18. The first-order chi connectivity index (χ1) is 14.0. The van der Waals surface area contributed by atoms with Crippen molar-refractivity contribution in [3.63, 3.8) is 0 Å². The lowest BCUT2D eigenvalue weighted by atomic mass is 10.3. The minimum absolute atomic E-state index is 0.119. The van der Waals surface area contributed by atoms with Gasteiger partial charge in [-0.2, -0.15) is 0 Å². The number of hydrogen-bond donors (Lipinski definition) is 1. The van der Waals surface area contributed by atoms with Crippen molar-refractivity contribution >= 4 is 22.7 Å². The van der Waals surface area contributed by atoms with Crippen molar-refractivity contribution in [3.05, 3.63) is 60.0 Å². The van der Waals surface area contributed by atoms with E-state index in [4.69, 9.17) is 4.42 Å². The molecule has 1 fully saturated rings. The summed E-state index contributed by atoms with van der Waals surface area (Å²) in [5.41, 5.74) is 1.68. The number of nitrogens with zero attached hydrogens (tertiary/aromatic N) is 3. The van der Waals surface area contributed by atoms with E-state index in [1.165, 1.54) is 24.3 Å². The van der Waals surface area contributed by atoms with Crippen LogP contribution in [0.2, 0.25) is 0 Å². The van der Waals surface area contributed by atoms with E-state index in [1.54, 1.807) is 18.2 Å². The van der Waals surface area contributed by atoms with Gasteiger partial charge in [0.05, 0.1) is 13.1 Å². The minimum atomic E-state index is -0.343. The molecule has 0 atom stereocenters. The van der Waals surface area contributed by atoms with Gasteiger partial charge < -0.3 is 9.73 Å². The predicted octanol–water partition coefficient (Wildman–Crippen LogP) is 3.25. The number of anilines is 1. The third-order valence-corrected chi connectivity index (χ3v) is 4.93. The normalized spacial score (nSPS) is 16.1. The molecule has 2 heterocycles. The van der Waals surface area contributed by atoms with Gasteiger partial charge in [-0.3, -0.25) is 14.6 Å². The van der Waals surface area contributed by atoms with Gasteiger partial charge in [0, 0.05) is 24.8 Å². The van der Waals surface area contributed by atoms with Gasteiger partial charge in [-0.15, -0.1) is 0 Å². The summed E-state index contributed by atoms with van der Waals surface area (Å²) in [7, 11) is 0. The van der Waals surface area contributed by atoms with Crippen LogP contribution in [0.5, 0.6) is 0 Å². The molecule has 0 saturated carbocycles. The van der Waals surface area contributed by atoms with Crippen molar-refractivity contribution in [3.8, 4) is 0 Å². The summed E-state index contributed by atoms with van der Waals surface area (Å²) in [5, 5.41) is 2.79. The molecule has 152 valence electrons. The van der Waals surface area contributed by atoms with Crippen LogP contribution in [0.4, 0.5) is 14.5 Å². The molecule has 1 aliphatic rings. The van der Waals surface area contributed by atoms with Crippen LogP contribution in [0.15, 0.2) is 46.9 Å². The number of carbonyl (C=O) groups excluding carboxylic acids is 1. The zero-order valence-electron chi connectivity index (χ0n) is 15.9. The Kier molecular flexibility index (Phi) is 5.82. The number of rotatable bonds is 5. The van der Waals surface area contributed by atoms with Crippen molar-refractivity contribution in [2.45, 2.75) is 13.0 Å². The molecule has 0 bridgehead atoms. The third kappa shape index (κ3) is 5.16. The molecule has 1 amide bonds. The molecule has 1 aliphatic heterocycles. The molecule has 6 nitrogen and oxygen atoms in total.